The monoisotopic (exact) mass is 361 g/mol. The van der Waals surface area contributed by atoms with Gasteiger partial charge in [-0.15, -0.1) is 0 Å². The van der Waals surface area contributed by atoms with Gasteiger partial charge in [-0.05, 0) is 56.7 Å². The number of hydrogen-bond donors (Lipinski definition) is 2. The summed E-state index contributed by atoms with van der Waals surface area (Å²) in [5.74, 6) is 0.0229. The fourth-order valence-electron chi connectivity index (χ4n) is 3.40. The number of rotatable bonds is 6. The summed E-state index contributed by atoms with van der Waals surface area (Å²) in [7, 11) is 0. The number of aromatic nitrogens is 1. The van der Waals surface area contributed by atoms with E-state index in [0.717, 1.165) is 31.2 Å². The highest BCUT2D eigenvalue weighted by molar-refractivity contribution is 5.77. The van der Waals surface area contributed by atoms with Crippen molar-refractivity contribution in [2.24, 2.45) is 5.41 Å². The Bertz CT molecular complexity index is 590. The highest BCUT2D eigenvalue weighted by atomic mass is 16.6. The van der Waals surface area contributed by atoms with Crippen LogP contribution in [0.4, 0.5) is 4.79 Å². The van der Waals surface area contributed by atoms with Crippen LogP contribution >= 0.6 is 0 Å². The summed E-state index contributed by atoms with van der Waals surface area (Å²) in [4.78, 5) is 28.5. The standard InChI is InChI=1S/C20H31N3O3/c1-19(2,3)26-18(25)23-15-20(9-5-4-6-10-20)13-17(24)22-14-16-7-11-21-12-8-16/h7-8,11-12H,4-6,9-10,13-15H2,1-3H3,(H,22,24)(H,23,25). The maximum Gasteiger partial charge on any atom is 0.407 e. The van der Waals surface area contributed by atoms with Crippen molar-refractivity contribution >= 4 is 12.0 Å². The first-order valence-corrected chi connectivity index (χ1v) is 9.41. The van der Waals surface area contributed by atoms with Crippen molar-refractivity contribution in [3.63, 3.8) is 0 Å². The van der Waals surface area contributed by atoms with E-state index < -0.39 is 11.7 Å². The second-order valence-electron chi connectivity index (χ2n) is 8.23. The molecule has 0 radical (unpaired) electrons. The largest absolute Gasteiger partial charge is 0.444 e. The van der Waals surface area contributed by atoms with Crippen LogP contribution in [0.5, 0.6) is 0 Å². The van der Waals surface area contributed by atoms with Gasteiger partial charge >= 0.3 is 6.09 Å². The van der Waals surface area contributed by atoms with Crippen LogP contribution in [-0.4, -0.2) is 29.1 Å². The minimum Gasteiger partial charge on any atom is -0.444 e. The molecule has 1 aliphatic carbocycles. The zero-order valence-corrected chi connectivity index (χ0v) is 16.1. The molecule has 1 aliphatic rings. The van der Waals surface area contributed by atoms with Gasteiger partial charge in [-0.25, -0.2) is 4.79 Å². The lowest BCUT2D eigenvalue weighted by molar-refractivity contribution is -0.124. The molecule has 6 nitrogen and oxygen atoms in total. The number of amides is 2. The first-order chi connectivity index (χ1) is 12.3. The summed E-state index contributed by atoms with van der Waals surface area (Å²) < 4.78 is 5.33. The van der Waals surface area contributed by atoms with E-state index in [-0.39, 0.29) is 11.3 Å². The van der Waals surface area contributed by atoms with Crippen molar-refractivity contribution in [3.05, 3.63) is 30.1 Å². The predicted octanol–water partition coefficient (Wildman–Crippen LogP) is 3.56. The average Bonchev–Trinajstić information content (AvgIpc) is 2.59. The molecule has 0 bridgehead atoms. The van der Waals surface area contributed by atoms with Crippen molar-refractivity contribution < 1.29 is 14.3 Å². The Balaban J connectivity index is 1.88. The normalized spacial score (nSPS) is 16.6. The Kier molecular flexibility index (Phi) is 7.00. The van der Waals surface area contributed by atoms with E-state index in [4.69, 9.17) is 4.74 Å². The maximum atomic E-state index is 12.5. The summed E-state index contributed by atoms with van der Waals surface area (Å²) in [6, 6.07) is 3.78. The lowest BCUT2D eigenvalue weighted by Crippen LogP contribution is -2.43. The fraction of sp³-hybridized carbons (Fsp3) is 0.650. The first-order valence-electron chi connectivity index (χ1n) is 9.41. The van der Waals surface area contributed by atoms with Gasteiger partial charge in [0.2, 0.25) is 5.91 Å². The summed E-state index contributed by atoms with van der Waals surface area (Å²) in [5.41, 5.74) is 0.321. The van der Waals surface area contributed by atoms with Crippen LogP contribution < -0.4 is 10.6 Å². The summed E-state index contributed by atoms with van der Waals surface area (Å²) in [5, 5.41) is 5.87. The van der Waals surface area contributed by atoms with Crippen molar-refractivity contribution in [2.75, 3.05) is 6.54 Å². The van der Waals surface area contributed by atoms with Gasteiger partial charge in [0.25, 0.3) is 0 Å². The number of pyridine rings is 1. The van der Waals surface area contributed by atoms with Gasteiger partial charge in [-0.3, -0.25) is 9.78 Å². The predicted molar refractivity (Wildman–Crippen MR) is 100 cm³/mol. The molecular formula is C20H31N3O3. The molecule has 0 unspecified atom stereocenters. The second kappa shape index (κ2) is 9.01. The van der Waals surface area contributed by atoms with Gasteiger partial charge in [-0.1, -0.05) is 19.3 Å². The maximum absolute atomic E-state index is 12.5. The molecule has 1 fully saturated rings. The molecule has 1 aromatic rings. The molecule has 2 amide bonds. The first kappa shape index (κ1) is 20.2. The summed E-state index contributed by atoms with van der Waals surface area (Å²) >= 11 is 0. The molecule has 0 aromatic carbocycles. The van der Waals surface area contributed by atoms with Crippen LogP contribution in [0.2, 0.25) is 0 Å². The lowest BCUT2D eigenvalue weighted by atomic mass is 9.71. The zero-order chi connectivity index (χ0) is 19.0. The molecule has 0 atom stereocenters. The van der Waals surface area contributed by atoms with Crippen molar-refractivity contribution in [3.8, 4) is 0 Å². The van der Waals surface area contributed by atoms with E-state index >= 15 is 0 Å². The number of hydrogen-bond acceptors (Lipinski definition) is 4. The van der Waals surface area contributed by atoms with Crippen LogP contribution in [0.25, 0.3) is 0 Å². The van der Waals surface area contributed by atoms with E-state index in [2.05, 4.69) is 15.6 Å². The van der Waals surface area contributed by atoms with Gasteiger partial charge in [0.15, 0.2) is 0 Å². The van der Waals surface area contributed by atoms with Gasteiger partial charge in [0.05, 0.1) is 0 Å². The minimum atomic E-state index is -0.522. The molecule has 0 spiro atoms. The molecule has 0 saturated heterocycles. The Morgan fingerprint density at radius 1 is 1.12 bits per heavy atom. The number of ether oxygens (including phenoxy) is 1. The van der Waals surface area contributed by atoms with E-state index in [1.165, 1.54) is 6.42 Å². The molecule has 1 heterocycles. The third kappa shape index (κ3) is 7.02. The van der Waals surface area contributed by atoms with E-state index in [1.807, 2.05) is 32.9 Å². The van der Waals surface area contributed by atoms with Crippen molar-refractivity contribution in [1.29, 1.82) is 0 Å². The van der Waals surface area contributed by atoms with Crippen molar-refractivity contribution in [2.45, 2.75) is 71.4 Å². The smallest absolute Gasteiger partial charge is 0.407 e. The van der Waals surface area contributed by atoms with Gasteiger partial charge in [0, 0.05) is 31.9 Å². The Hall–Kier alpha value is -2.11. The third-order valence-electron chi connectivity index (χ3n) is 4.70. The van der Waals surface area contributed by atoms with Gasteiger partial charge in [0.1, 0.15) is 5.60 Å². The lowest BCUT2D eigenvalue weighted by Gasteiger charge is -2.37. The zero-order valence-electron chi connectivity index (χ0n) is 16.1. The highest BCUT2D eigenvalue weighted by Crippen LogP contribution is 2.38. The molecule has 1 aromatic heterocycles. The molecular weight excluding hydrogens is 330 g/mol. The second-order valence-corrected chi connectivity index (χ2v) is 8.23. The number of nitrogens with one attached hydrogen (secondary N) is 2. The quantitative estimate of drug-likeness (QED) is 0.812. The van der Waals surface area contributed by atoms with Crippen molar-refractivity contribution in [1.82, 2.24) is 15.6 Å². The Morgan fingerprint density at radius 2 is 1.77 bits per heavy atom. The molecule has 26 heavy (non-hydrogen) atoms. The van der Waals surface area contributed by atoms with Crippen LogP contribution in [-0.2, 0) is 16.1 Å². The minimum absolute atomic E-state index is 0.0229. The van der Waals surface area contributed by atoms with Crippen LogP contribution in [0.15, 0.2) is 24.5 Å². The van der Waals surface area contributed by atoms with Gasteiger partial charge < -0.3 is 15.4 Å². The topological polar surface area (TPSA) is 80.3 Å². The molecule has 2 rings (SSSR count). The van der Waals surface area contributed by atoms with E-state index in [0.29, 0.717) is 19.5 Å². The van der Waals surface area contributed by atoms with Crippen LogP contribution in [0, 0.1) is 5.41 Å². The molecule has 6 heteroatoms. The average molecular weight is 361 g/mol. The van der Waals surface area contributed by atoms with E-state index in [1.54, 1.807) is 12.4 Å². The fourth-order valence-corrected chi connectivity index (χ4v) is 3.40. The van der Waals surface area contributed by atoms with Crippen LogP contribution in [0.3, 0.4) is 0 Å². The highest BCUT2D eigenvalue weighted by Gasteiger charge is 2.35. The van der Waals surface area contributed by atoms with E-state index in [9.17, 15) is 9.59 Å². The molecule has 1 saturated carbocycles. The number of carbonyl (C=O) groups excluding carboxylic acids is 2. The number of carbonyl (C=O) groups is 2. The summed E-state index contributed by atoms with van der Waals surface area (Å²) in [6.45, 7) is 6.50. The summed E-state index contributed by atoms with van der Waals surface area (Å²) in [6.07, 6.45) is 8.71. The molecule has 2 N–H and O–H groups in total. The number of nitrogens with zero attached hydrogens (tertiary/aromatic N) is 1. The van der Waals surface area contributed by atoms with Crippen LogP contribution in [0.1, 0.15) is 64.9 Å². The third-order valence-corrected chi connectivity index (χ3v) is 4.70. The SMILES string of the molecule is CC(C)(C)OC(=O)NCC1(CC(=O)NCc2ccncc2)CCCCC1. The van der Waals surface area contributed by atoms with Gasteiger partial charge in [-0.2, -0.15) is 0 Å². The Labute approximate surface area is 156 Å². The molecule has 0 aliphatic heterocycles. The number of alkyl carbamates (subject to hydrolysis) is 1. The Morgan fingerprint density at radius 3 is 2.38 bits per heavy atom. The molecule has 144 valence electrons.